The highest BCUT2D eigenvalue weighted by Gasteiger charge is 2.45. The number of hydrogen-bond acceptors (Lipinski definition) is 6. The molecule has 0 atom stereocenters. The van der Waals surface area contributed by atoms with Crippen molar-refractivity contribution < 1.29 is 29.0 Å². The van der Waals surface area contributed by atoms with Crippen LogP contribution < -0.4 is 16.0 Å². The lowest BCUT2D eigenvalue weighted by molar-refractivity contribution is 0.0479. The first-order valence-corrected chi connectivity index (χ1v) is 12.8. The third-order valence-corrected chi connectivity index (χ3v) is 6.18. The molecule has 2 rings (SSSR count). The smallest absolute Gasteiger partial charge is 0.408 e. The van der Waals surface area contributed by atoms with Gasteiger partial charge < -0.3 is 35.4 Å². The van der Waals surface area contributed by atoms with Crippen LogP contribution in [0.25, 0.3) is 0 Å². The zero-order chi connectivity index (χ0) is 26.3. The second-order valence-electron chi connectivity index (χ2n) is 12.0. The van der Waals surface area contributed by atoms with Crippen LogP contribution >= 0.6 is 0 Å². The van der Waals surface area contributed by atoms with Crippen molar-refractivity contribution in [2.45, 2.75) is 115 Å². The summed E-state index contributed by atoms with van der Waals surface area (Å²) in [4.78, 5) is 37.2. The summed E-state index contributed by atoms with van der Waals surface area (Å²) in [5.41, 5.74) is -1.56. The highest BCUT2D eigenvalue weighted by Crippen LogP contribution is 2.39. The molecule has 0 heterocycles. The second-order valence-corrected chi connectivity index (χ2v) is 12.0. The summed E-state index contributed by atoms with van der Waals surface area (Å²) in [6.07, 6.45) is 4.92. The zero-order valence-corrected chi connectivity index (χ0v) is 22.4. The number of nitrogens with zero attached hydrogens (tertiary/aromatic N) is 1. The third-order valence-electron chi connectivity index (χ3n) is 6.18. The Bertz CT molecular complexity index is 735. The van der Waals surface area contributed by atoms with Gasteiger partial charge in [0.1, 0.15) is 11.2 Å². The topological polar surface area (TPSA) is 129 Å². The summed E-state index contributed by atoms with van der Waals surface area (Å²) in [6.45, 7) is 13.4. The average molecular weight is 499 g/mol. The number of rotatable bonds is 13. The molecule has 35 heavy (non-hydrogen) atoms. The van der Waals surface area contributed by atoms with E-state index >= 15 is 0 Å². The van der Waals surface area contributed by atoms with E-state index in [0.29, 0.717) is 19.5 Å². The molecule has 0 aromatic carbocycles. The molecular formula is C25H46N4O6. The molecule has 2 aliphatic carbocycles. The van der Waals surface area contributed by atoms with E-state index in [0.717, 1.165) is 58.0 Å². The van der Waals surface area contributed by atoms with Crippen molar-refractivity contribution in [3.05, 3.63) is 0 Å². The van der Waals surface area contributed by atoms with Crippen LogP contribution in [-0.2, 0) is 9.47 Å². The van der Waals surface area contributed by atoms with Crippen LogP contribution in [0.3, 0.4) is 0 Å². The minimum absolute atomic E-state index is 0.151. The Morgan fingerprint density at radius 2 is 1.26 bits per heavy atom. The summed E-state index contributed by atoms with van der Waals surface area (Å²) in [7, 11) is 0. The van der Waals surface area contributed by atoms with E-state index in [1.165, 1.54) is 4.90 Å². The highest BCUT2D eigenvalue weighted by atomic mass is 16.6. The van der Waals surface area contributed by atoms with Gasteiger partial charge in [-0.2, -0.15) is 0 Å². The van der Waals surface area contributed by atoms with Crippen LogP contribution in [0.15, 0.2) is 0 Å². The van der Waals surface area contributed by atoms with E-state index in [1.54, 1.807) is 0 Å². The first-order valence-electron chi connectivity index (χ1n) is 12.8. The van der Waals surface area contributed by atoms with Crippen LogP contribution in [0.5, 0.6) is 0 Å². The van der Waals surface area contributed by atoms with Crippen molar-refractivity contribution in [2.75, 3.05) is 26.2 Å². The quantitative estimate of drug-likeness (QED) is 0.280. The van der Waals surface area contributed by atoms with E-state index in [-0.39, 0.29) is 17.2 Å². The SMILES string of the molecule is CC(C)(C)OC(=O)NC1(CCNCCCCN(CCC2(NC(=O)OC(C)(C)C)CC2)C(=O)O)CC1. The Morgan fingerprint density at radius 1 is 0.771 bits per heavy atom. The van der Waals surface area contributed by atoms with Gasteiger partial charge in [0.15, 0.2) is 0 Å². The summed E-state index contributed by atoms with van der Waals surface area (Å²) >= 11 is 0. The highest BCUT2D eigenvalue weighted by molar-refractivity contribution is 5.70. The molecule has 202 valence electrons. The monoisotopic (exact) mass is 498 g/mol. The maximum Gasteiger partial charge on any atom is 0.408 e. The molecular weight excluding hydrogens is 452 g/mol. The van der Waals surface area contributed by atoms with Crippen LogP contribution in [0.4, 0.5) is 14.4 Å². The largest absolute Gasteiger partial charge is 0.465 e. The van der Waals surface area contributed by atoms with Gasteiger partial charge in [0, 0.05) is 24.2 Å². The summed E-state index contributed by atoms with van der Waals surface area (Å²) in [5, 5.41) is 18.9. The predicted molar refractivity (Wildman–Crippen MR) is 134 cm³/mol. The summed E-state index contributed by atoms with van der Waals surface area (Å²) in [5.74, 6) is 0. The van der Waals surface area contributed by atoms with E-state index in [4.69, 9.17) is 9.47 Å². The first kappa shape index (κ1) is 29.0. The van der Waals surface area contributed by atoms with E-state index in [9.17, 15) is 19.5 Å². The maximum absolute atomic E-state index is 12.1. The number of carboxylic acid groups (broad SMARTS) is 1. The Hall–Kier alpha value is -2.23. The van der Waals surface area contributed by atoms with Gasteiger partial charge in [-0.1, -0.05) is 0 Å². The lowest BCUT2D eigenvalue weighted by atomic mass is 10.1. The van der Waals surface area contributed by atoms with E-state index in [2.05, 4.69) is 16.0 Å². The van der Waals surface area contributed by atoms with Crippen LogP contribution in [0.2, 0.25) is 0 Å². The molecule has 0 radical (unpaired) electrons. The van der Waals surface area contributed by atoms with Gasteiger partial charge in [-0.05, 0) is 106 Å². The molecule has 0 unspecified atom stereocenters. The van der Waals surface area contributed by atoms with Gasteiger partial charge in [0.2, 0.25) is 0 Å². The normalized spacial score (nSPS) is 17.8. The Labute approximate surface area is 209 Å². The van der Waals surface area contributed by atoms with Crippen LogP contribution in [0, 0.1) is 0 Å². The van der Waals surface area contributed by atoms with E-state index < -0.39 is 23.4 Å². The van der Waals surface area contributed by atoms with Crippen molar-refractivity contribution in [2.24, 2.45) is 0 Å². The number of alkyl carbamates (subject to hydrolysis) is 2. The summed E-state index contributed by atoms with van der Waals surface area (Å²) < 4.78 is 10.7. The molecule has 10 heteroatoms. The van der Waals surface area contributed by atoms with Crippen LogP contribution in [-0.4, -0.2) is 76.7 Å². The van der Waals surface area contributed by atoms with Crippen molar-refractivity contribution in [1.82, 2.24) is 20.9 Å². The molecule has 2 fully saturated rings. The standard InChI is InChI=1S/C25H46N4O6/c1-22(2,3)34-19(30)27-24(9-10-24)13-16-26-15-7-8-17-29(21(32)33)18-14-25(11-12-25)28-20(31)35-23(4,5)6/h26H,7-18H2,1-6H3,(H,27,30)(H,28,31)(H,32,33). The molecule has 0 aromatic rings. The fourth-order valence-corrected chi connectivity index (χ4v) is 3.87. The fourth-order valence-electron chi connectivity index (χ4n) is 3.87. The third kappa shape index (κ3) is 11.8. The molecule has 2 saturated carbocycles. The van der Waals surface area contributed by atoms with Gasteiger partial charge in [-0.15, -0.1) is 0 Å². The van der Waals surface area contributed by atoms with Gasteiger partial charge in [0.25, 0.3) is 0 Å². The fraction of sp³-hybridized carbons (Fsp3) is 0.880. The molecule has 0 spiro atoms. The van der Waals surface area contributed by atoms with Crippen molar-refractivity contribution in [3.63, 3.8) is 0 Å². The molecule has 2 aliphatic rings. The lowest BCUT2D eigenvalue weighted by Crippen LogP contribution is -2.43. The molecule has 4 N–H and O–H groups in total. The predicted octanol–water partition coefficient (Wildman–Crippen LogP) is 4.23. The molecule has 10 nitrogen and oxygen atoms in total. The molecule has 3 amide bonds. The molecule has 0 aliphatic heterocycles. The number of hydrogen-bond donors (Lipinski definition) is 4. The van der Waals surface area contributed by atoms with Crippen molar-refractivity contribution in [1.29, 1.82) is 0 Å². The van der Waals surface area contributed by atoms with Crippen LogP contribution in [0.1, 0.15) is 92.9 Å². The summed E-state index contributed by atoms with van der Waals surface area (Å²) in [6, 6.07) is 0. The Balaban J connectivity index is 1.58. The number of carbonyl (C=O) groups excluding carboxylic acids is 2. The maximum atomic E-state index is 12.1. The van der Waals surface area contributed by atoms with Gasteiger partial charge in [-0.25, -0.2) is 14.4 Å². The Kier molecular flexibility index (Phi) is 9.67. The van der Waals surface area contributed by atoms with E-state index in [1.807, 2.05) is 41.5 Å². The molecule has 0 saturated heterocycles. The van der Waals surface area contributed by atoms with Gasteiger partial charge >= 0.3 is 18.3 Å². The number of nitrogens with one attached hydrogen (secondary N) is 3. The average Bonchev–Trinajstić information content (AvgIpc) is 3.59. The first-order chi connectivity index (χ1) is 16.1. The zero-order valence-electron chi connectivity index (χ0n) is 22.4. The number of amides is 3. The minimum Gasteiger partial charge on any atom is -0.465 e. The number of unbranched alkanes of at least 4 members (excludes halogenated alkanes) is 1. The number of ether oxygens (including phenoxy) is 2. The Morgan fingerprint density at radius 3 is 1.69 bits per heavy atom. The molecule has 0 bridgehead atoms. The lowest BCUT2D eigenvalue weighted by Gasteiger charge is -2.25. The molecule has 0 aromatic heterocycles. The number of carbonyl (C=O) groups is 3. The van der Waals surface area contributed by atoms with Gasteiger partial charge in [-0.3, -0.25) is 0 Å². The second kappa shape index (κ2) is 11.7. The van der Waals surface area contributed by atoms with Crippen molar-refractivity contribution >= 4 is 18.3 Å². The van der Waals surface area contributed by atoms with Gasteiger partial charge in [0.05, 0.1) is 0 Å². The van der Waals surface area contributed by atoms with Crippen molar-refractivity contribution in [3.8, 4) is 0 Å². The minimum atomic E-state index is -0.935.